The molecule has 222 valence electrons. The summed E-state index contributed by atoms with van der Waals surface area (Å²) in [5, 5.41) is 2.65. The summed E-state index contributed by atoms with van der Waals surface area (Å²) in [6.07, 6.45) is 0.353. The molecule has 3 fully saturated rings. The number of nitrogens with one attached hydrogen (secondary N) is 1. The van der Waals surface area contributed by atoms with Gasteiger partial charge in [0, 0.05) is 13.1 Å². The normalized spacial score (nSPS) is 36.6. The predicted octanol–water partition coefficient (Wildman–Crippen LogP) is 6.67. The molecule has 9 nitrogen and oxygen atoms in total. The molecule has 0 saturated carbocycles. The Hall–Kier alpha value is -0.390. The van der Waals surface area contributed by atoms with E-state index < -0.39 is 84.8 Å². The SMILES string of the molecule is CN1CCCNP12=NP1(=NP3(=N2)OCC(F)(F)C(F)(F)C(F)(F)CO3)OCC(F)(F)C(F)(F)C(F)(F)CO1. The molecule has 38 heavy (non-hydrogen) atoms. The topological polar surface area (TPSA) is 89.3 Å². The summed E-state index contributed by atoms with van der Waals surface area (Å²) in [6, 6.07) is 0. The van der Waals surface area contributed by atoms with Crippen molar-refractivity contribution in [3.05, 3.63) is 0 Å². The molecule has 24 heteroatoms. The highest BCUT2D eigenvalue weighted by Crippen LogP contribution is 2.81. The lowest BCUT2D eigenvalue weighted by Crippen LogP contribution is -2.59. The van der Waals surface area contributed by atoms with Crippen molar-refractivity contribution in [3.8, 4) is 0 Å². The highest BCUT2D eigenvalue weighted by molar-refractivity contribution is 7.80. The lowest BCUT2D eigenvalue weighted by molar-refractivity contribution is -0.325. The van der Waals surface area contributed by atoms with Gasteiger partial charge in [0.2, 0.25) is 7.51 Å². The molecule has 3 spiro atoms. The second kappa shape index (κ2) is 9.05. The molecule has 0 aromatic rings. The molecule has 4 aliphatic heterocycles. The summed E-state index contributed by atoms with van der Waals surface area (Å²) in [4.78, 5) is 0. The number of hydrogen-bond acceptors (Lipinski definition) is 9. The van der Waals surface area contributed by atoms with Crippen molar-refractivity contribution in [2.45, 2.75) is 42.0 Å². The van der Waals surface area contributed by atoms with Crippen molar-refractivity contribution in [1.82, 2.24) is 9.76 Å². The Balaban J connectivity index is 1.92. The van der Waals surface area contributed by atoms with Crippen LogP contribution in [0.1, 0.15) is 6.42 Å². The van der Waals surface area contributed by atoms with Gasteiger partial charge in [-0.2, -0.15) is 61.7 Å². The Morgan fingerprint density at radius 2 is 0.974 bits per heavy atom. The minimum atomic E-state index is -5.99. The highest BCUT2D eigenvalue weighted by Gasteiger charge is 2.75. The molecule has 4 rings (SSSR count). The third kappa shape index (κ3) is 4.67. The van der Waals surface area contributed by atoms with Gasteiger partial charge >= 0.3 is 50.9 Å². The summed E-state index contributed by atoms with van der Waals surface area (Å²) in [7, 11) is -12.9. The Morgan fingerprint density at radius 3 is 1.34 bits per heavy atom. The van der Waals surface area contributed by atoms with Crippen LogP contribution in [0.25, 0.3) is 0 Å². The van der Waals surface area contributed by atoms with E-state index in [1.807, 2.05) is 0 Å². The fourth-order valence-electron chi connectivity index (χ4n) is 3.35. The van der Waals surface area contributed by atoms with Crippen LogP contribution in [-0.2, 0) is 18.1 Å². The van der Waals surface area contributed by atoms with Gasteiger partial charge < -0.3 is 0 Å². The maximum atomic E-state index is 14.2. The number of halogens is 12. The third-order valence-corrected chi connectivity index (χ3v) is 14.9. The number of hydrogen-bond donors (Lipinski definition) is 1. The van der Waals surface area contributed by atoms with Crippen molar-refractivity contribution >= 4 is 22.8 Å². The molecule has 1 N–H and O–H groups in total. The molecule has 0 aliphatic carbocycles. The van der Waals surface area contributed by atoms with Crippen LogP contribution in [0.15, 0.2) is 13.5 Å². The van der Waals surface area contributed by atoms with Crippen molar-refractivity contribution in [2.75, 3.05) is 46.6 Å². The van der Waals surface area contributed by atoms with Crippen LogP contribution < -0.4 is 5.09 Å². The first-order valence-electron chi connectivity index (χ1n) is 10.3. The molecule has 3 saturated heterocycles. The van der Waals surface area contributed by atoms with Gasteiger partial charge in [0.05, 0.1) is 0 Å². The van der Waals surface area contributed by atoms with E-state index in [-0.39, 0.29) is 13.1 Å². The highest BCUT2D eigenvalue weighted by atomic mass is 31.3. The number of rotatable bonds is 0. The zero-order chi connectivity index (χ0) is 28.7. The summed E-state index contributed by atoms with van der Waals surface area (Å²) in [5.74, 6) is -34.2. The number of nitrogens with zero attached hydrogens (tertiary/aromatic N) is 4. The van der Waals surface area contributed by atoms with Crippen LogP contribution in [-0.4, -0.2) is 86.8 Å². The lowest BCUT2D eigenvalue weighted by Gasteiger charge is -2.43. The predicted molar refractivity (Wildman–Crippen MR) is 107 cm³/mol. The van der Waals surface area contributed by atoms with E-state index in [2.05, 4.69) is 18.6 Å². The standard InChI is InChI=1S/C14H18F12N5O4P3/c1-31-4-2-3-27-36(31)28-37(32-5-9(15,16)13(23,24)10(17,18)6-33-37)30-38(29-36)34-7-11(19,20)14(25,26)12(21,22)8-35-38/h27H,2-8H2,1H3. The monoisotopic (exact) mass is 641 g/mol. The van der Waals surface area contributed by atoms with Gasteiger partial charge in [-0.05, 0) is 13.5 Å². The van der Waals surface area contributed by atoms with Crippen LogP contribution in [0.5, 0.6) is 0 Å². The summed E-state index contributed by atoms with van der Waals surface area (Å²) in [6.45, 7) is -9.92. The van der Waals surface area contributed by atoms with E-state index in [4.69, 9.17) is 18.1 Å². The second-order valence-corrected chi connectivity index (χ2v) is 15.8. The van der Waals surface area contributed by atoms with E-state index in [1.54, 1.807) is 0 Å². The molecular formula is C14H18F12N5O4P3. The first-order chi connectivity index (χ1) is 17.1. The van der Waals surface area contributed by atoms with E-state index in [9.17, 15) is 52.7 Å². The lowest BCUT2D eigenvalue weighted by atomic mass is 10.1. The Kier molecular flexibility index (Phi) is 7.28. The fourth-order valence-corrected chi connectivity index (χ4v) is 14.2. The van der Waals surface area contributed by atoms with Crippen molar-refractivity contribution in [3.63, 3.8) is 0 Å². The van der Waals surface area contributed by atoms with Crippen molar-refractivity contribution < 1.29 is 70.8 Å². The maximum Gasteiger partial charge on any atom is 0.376 e. The van der Waals surface area contributed by atoms with Gasteiger partial charge in [0.15, 0.2) is 0 Å². The average Bonchev–Trinajstić information content (AvgIpc) is 2.80. The van der Waals surface area contributed by atoms with Gasteiger partial charge in [-0.25, -0.2) is 4.67 Å². The van der Waals surface area contributed by atoms with Crippen LogP contribution in [0.4, 0.5) is 52.7 Å². The molecule has 4 aliphatic rings. The van der Waals surface area contributed by atoms with Gasteiger partial charge in [0.25, 0.3) is 0 Å². The van der Waals surface area contributed by atoms with Crippen molar-refractivity contribution in [1.29, 1.82) is 0 Å². The minimum Gasteiger partial charge on any atom is -0.300 e. The van der Waals surface area contributed by atoms with E-state index >= 15 is 0 Å². The first kappa shape index (κ1) is 30.6. The molecule has 0 aromatic carbocycles. The molecule has 0 radical (unpaired) electrons. The largest absolute Gasteiger partial charge is 0.376 e. The second-order valence-electron chi connectivity index (χ2n) is 8.52. The molecule has 0 amide bonds. The molecule has 4 heterocycles. The summed E-state index contributed by atoms with van der Waals surface area (Å²) >= 11 is 0. The Bertz CT molecular complexity index is 1050. The van der Waals surface area contributed by atoms with E-state index in [1.165, 1.54) is 11.7 Å². The van der Waals surface area contributed by atoms with Gasteiger partial charge in [-0.15, -0.1) is 4.52 Å². The first-order valence-corrected chi connectivity index (χ1v) is 15.0. The summed E-state index contributed by atoms with van der Waals surface area (Å²) < 4.78 is 200. The molecule has 1 atom stereocenters. The zero-order valence-electron chi connectivity index (χ0n) is 18.7. The van der Waals surface area contributed by atoms with Gasteiger partial charge in [-0.3, -0.25) is 23.2 Å². The maximum absolute atomic E-state index is 14.2. The Labute approximate surface area is 206 Å². The summed E-state index contributed by atoms with van der Waals surface area (Å²) in [5.41, 5.74) is 0. The average molecular weight is 641 g/mol. The van der Waals surface area contributed by atoms with Crippen LogP contribution in [0, 0.1) is 0 Å². The number of alkyl halides is 12. The van der Waals surface area contributed by atoms with Gasteiger partial charge in [0.1, 0.15) is 26.4 Å². The van der Waals surface area contributed by atoms with Crippen LogP contribution in [0.2, 0.25) is 0 Å². The van der Waals surface area contributed by atoms with E-state index in [0.717, 1.165) is 0 Å². The van der Waals surface area contributed by atoms with Crippen molar-refractivity contribution in [2.24, 2.45) is 13.5 Å². The van der Waals surface area contributed by atoms with E-state index in [0.29, 0.717) is 6.42 Å². The molecular weight excluding hydrogens is 623 g/mol. The fraction of sp³-hybridized carbons (Fsp3) is 1.00. The quantitative estimate of drug-likeness (QED) is 0.235. The molecule has 1 unspecified atom stereocenters. The minimum absolute atomic E-state index is 0.000100. The van der Waals surface area contributed by atoms with Crippen LogP contribution in [0.3, 0.4) is 0 Å². The van der Waals surface area contributed by atoms with Gasteiger partial charge in [-0.1, -0.05) is 0 Å². The Morgan fingerprint density at radius 1 is 0.605 bits per heavy atom. The smallest absolute Gasteiger partial charge is 0.300 e. The van der Waals surface area contributed by atoms with Crippen LogP contribution >= 0.6 is 22.8 Å². The third-order valence-electron chi connectivity index (χ3n) is 5.65. The molecule has 0 bridgehead atoms. The zero-order valence-corrected chi connectivity index (χ0v) is 21.4. The molecule has 0 aromatic heterocycles.